The lowest BCUT2D eigenvalue weighted by molar-refractivity contribution is 0.401. The molecule has 0 atom stereocenters. The van der Waals surface area contributed by atoms with Gasteiger partial charge in [0, 0.05) is 36.4 Å². The van der Waals surface area contributed by atoms with E-state index in [1.807, 2.05) is 12.1 Å². The molecule has 0 aliphatic carbocycles. The molecule has 0 heterocycles. The van der Waals surface area contributed by atoms with Crippen LogP contribution in [0.25, 0.3) is 0 Å². The smallest absolute Gasteiger partial charge is 0.0471 e. The van der Waals surface area contributed by atoms with E-state index in [4.69, 9.17) is 11.6 Å². The second-order valence-corrected chi connectivity index (χ2v) is 5.90. The average Bonchev–Trinajstić information content (AvgIpc) is 2.40. The number of rotatable bonds is 9. The van der Waals surface area contributed by atoms with E-state index in [2.05, 4.69) is 49.2 Å². The van der Waals surface area contributed by atoms with E-state index in [1.165, 1.54) is 11.3 Å². The molecule has 1 aromatic rings. The van der Waals surface area contributed by atoms with Crippen molar-refractivity contribution in [3.63, 3.8) is 0 Å². The lowest BCUT2D eigenvalue weighted by Gasteiger charge is -2.24. The van der Waals surface area contributed by atoms with Crippen molar-refractivity contribution in [2.24, 2.45) is 0 Å². The van der Waals surface area contributed by atoms with Gasteiger partial charge in [-0.25, -0.2) is 0 Å². The Hall–Kier alpha value is -0.770. The SMILES string of the molecule is CCCNCc1c(Cl)cccc1N(C)CCCN(C)C. The van der Waals surface area contributed by atoms with E-state index in [9.17, 15) is 0 Å². The Morgan fingerprint density at radius 2 is 1.90 bits per heavy atom. The largest absolute Gasteiger partial charge is 0.374 e. The van der Waals surface area contributed by atoms with Crippen LogP contribution in [-0.2, 0) is 6.54 Å². The minimum Gasteiger partial charge on any atom is -0.374 e. The molecule has 0 bridgehead atoms. The Kier molecular flexibility index (Phi) is 7.97. The lowest BCUT2D eigenvalue weighted by Crippen LogP contribution is -2.25. The highest BCUT2D eigenvalue weighted by Crippen LogP contribution is 2.27. The van der Waals surface area contributed by atoms with Gasteiger partial charge in [-0.2, -0.15) is 0 Å². The quantitative estimate of drug-likeness (QED) is 0.706. The van der Waals surface area contributed by atoms with Gasteiger partial charge in [0.1, 0.15) is 0 Å². The van der Waals surface area contributed by atoms with Crippen LogP contribution in [0.4, 0.5) is 5.69 Å². The van der Waals surface area contributed by atoms with E-state index >= 15 is 0 Å². The third-order valence-electron chi connectivity index (χ3n) is 3.33. The Labute approximate surface area is 128 Å². The fraction of sp³-hybridized carbons (Fsp3) is 0.625. The Balaban J connectivity index is 2.69. The number of halogens is 1. The van der Waals surface area contributed by atoms with Gasteiger partial charge in [-0.1, -0.05) is 24.6 Å². The molecule has 20 heavy (non-hydrogen) atoms. The van der Waals surface area contributed by atoms with E-state index in [0.29, 0.717) is 0 Å². The number of nitrogens with zero attached hydrogens (tertiary/aromatic N) is 2. The van der Waals surface area contributed by atoms with Gasteiger partial charge in [-0.3, -0.25) is 0 Å². The summed E-state index contributed by atoms with van der Waals surface area (Å²) in [5.41, 5.74) is 2.44. The van der Waals surface area contributed by atoms with Crippen LogP contribution in [-0.4, -0.2) is 45.7 Å². The van der Waals surface area contributed by atoms with Gasteiger partial charge >= 0.3 is 0 Å². The number of benzene rings is 1. The first-order chi connectivity index (χ1) is 9.56. The van der Waals surface area contributed by atoms with Crippen molar-refractivity contribution in [3.8, 4) is 0 Å². The molecule has 1 rings (SSSR count). The zero-order valence-electron chi connectivity index (χ0n) is 13.2. The highest BCUT2D eigenvalue weighted by Gasteiger charge is 2.10. The second-order valence-electron chi connectivity index (χ2n) is 5.49. The predicted octanol–water partition coefficient (Wildman–Crippen LogP) is 3.23. The average molecular weight is 298 g/mol. The normalized spacial score (nSPS) is 11.1. The molecular weight excluding hydrogens is 270 g/mol. The number of hydrogen-bond acceptors (Lipinski definition) is 3. The summed E-state index contributed by atoms with van der Waals surface area (Å²) < 4.78 is 0. The molecule has 3 nitrogen and oxygen atoms in total. The summed E-state index contributed by atoms with van der Waals surface area (Å²) in [5, 5.41) is 4.29. The van der Waals surface area contributed by atoms with Crippen molar-refractivity contribution in [1.29, 1.82) is 0 Å². The monoisotopic (exact) mass is 297 g/mol. The molecule has 1 N–H and O–H groups in total. The number of anilines is 1. The molecule has 0 aromatic heterocycles. The first-order valence-corrected chi connectivity index (χ1v) is 7.78. The zero-order chi connectivity index (χ0) is 15.0. The molecule has 0 saturated heterocycles. The molecule has 0 unspecified atom stereocenters. The van der Waals surface area contributed by atoms with Crippen molar-refractivity contribution in [2.45, 2.75) is 26.3 Å². The van der Waals surface area contributed by atoms with Crippen LogP contribution in [0.2, 0.25) is 5.02 Å². The van der Waals surface area contributed by atoms with Crippen LogP contribution < -0.4 is 10.2 Å². The number of hydrogen-bond donors (Lipinski definition) is 1. The molecule has 0 aliphatic rings. The fourth-order valence-corrected chi connectivity index (χ4v) is 2.45. The molecule has 1 aromatic carbocycles. The van der Waals surface area contributed by atoms with Gasteiger partial charge in [-0.05, 0) is 52.2 Å². The topological polar surface area (TPSA) is 18.5 Å². The molecule has 0 fully saturated rings. The molecule has 0 spiro atoms. The van der Waals surface area contributed by atoms with Gasteiger partial charge in [0.15, 0.2) is 0 Å². The minimum absolute atomic E-state index is 0.834. The van der Waals surface area contributed by atoms with Crippen LogP contribution in [0.15, 0.2) is 18.2 Å². The summed E-state index contributed by atoms with van der Waals surface area (Å²) >= 11 is 6.36. The van der Waals surface area contributed by atoms with Gasteiger partial charge < -0.3 is 15.1 Å². The van der Waals surface area contributed by atoms with E-state index in [1.54, 1.807) is 0 Å². The van der Waals surface area contributed by atoms with E-state index in [-0.39, 0.29) is 0 Å². The van der Waals surface area contributed by atoms with Crippen molar-refractivity contribution >= 4 is 17.3 Å². The van der Waals surface area contributed by atoms with Crippen molar-refractivity contribution < 1.29 is 0 Å². The highest BCUT2D eigenvalue weighted by atomic mass is 35.5. The summed E-state index contributed by atoms with van der Waals surface area (Å²) in [4.78, 5) is 4.52. The Morgan fingerprint density at radius 3 is 2.55 bits per heavy atom. The summed E-state index contributed by atoms with van der Waals surface area (Å²) in [7, 11) is 6.36. The zero-order valence-corrected chi connectivity index (χ0v) is 14.0. The summed E-state index contributed by atoms with van der Waals surface area (Å²) in [6, 6.07) is 6.16. The van der Waals surface area contributed by atoms with Crippen LogP contribution in [0.3, 0.4) is 0 Å². The van der Waals surface area contributed by atoms with Gasteiger partial charge in [0.25, 0.3) is 0 Å². The molecule has 0 aliphatic heterocycles. The molecule has 114 valence electrons. The standard InChI is InChI=1S/C16H28ClN3/c1-5-10-18-13-14-15(17)8-6-9-16(14)20(4)12-7-11-19(2)3/h6,8-9,18H,5,7,10-13H2,1-4H3. The summed E-state index contributed by atoms with van der Waals surface area (Å²) in [6.07, 6.45) is 2.29. The maximum atomic E-state index is 6.36. The second kappa shape index (κ2) is 9.22. The van der Waals surface area contributed by atoms with Crippen molar-refractivity contribution in [3.05, 3.63) is 28.8 Å². The first-order valence-electron chi connectivity index (χ1n) is 7.40. The molecule has 0 radical (unpaired) electrons. The molecule has 0 saturated carbocycles. The minimum atomic E-state index is 0.834. The third kappa shape index (κ3) is 5.70. The highest BCUT2D eigenvalue weighted by molar-refractivity contribution is 6.31. The van der Waals surface area contributed by atoms with E-state index in [0.717, 1.165) is 44.0 Å². The summed E-state index contributed by atoms with van der Waals surface area (Å²) in [5.74, 6) is 0. The van der Waals surface area contributed by atoms with Crippen LogP contribution in [0.5, 0.6) is 0 Å². The Bertz CT molecular complexity index is 393. The maximum absolute atomic E-state index is 6.36. The van der Waals surface area contributed by atoms with Gasteiger partial charge in [-0.15, -0.1) is 0 Å². The first kappa shape index (κ1) is 17.3. The predicted molar refractivity (Wildman–Crippen MR) is 89.9 cm³/mol. The summed E-state index contributed by atoms with van der Waals surface area (Å²) in [6.45, 7) is 6.18. The number of nitrogens with one attached hydrogen (secondary N) is 1. The van der Waals surface area contributed by atoms with Crippen molar-refractivity contribution in [1.82, 2.24) is 10.2 Å². The van der Waals surface area contributed by atoms with E-state index < -0.39 is 0 Å². The lowest BCUT2D eigenvalue weighted by atomic mass is 10.1. The maximum Gasteiger partial charge on any atom is 0.0471 e. The van der Waals surface area contributed by atoms with Crippen LogP contribution in [0, 0.1) is 0 Å². The molecular formula is C16H28ClN3. The van der Waals surface area contributed by atoms with Gasteiger partial charge in [0.05, 0.1) is 0 Å². The van der Waals surface area contributed by atoms with Gasteiger partial charge in [0.2, 0.25) is 0 Å². The van der Waals surface area contributed by atoms with Crippen LogP contribution in [0.1, 0.15) is 25.3 Å². The third-order valence-corrected chi connectivity index (χ3v) is 3.69. The van der Waals surface area contributed by atoms with Crippen molar-refractivity contribution in [2.75, 3.05) is 45.7 Å². The fourth-order valence-electron chi connectivity index (χ4n) is 2.21. The molecule has 4 heteroatoms. The van der Waals surface area contributed by atoms with Crippen LogP contribution >= 0.6 is 11.6 Å². The molecule has 0 amide bonds. The Morgan fingerprint density at radius 1 is 1.15 bits per heavy atom.